The van der Waals surface area contributed by atoms with Gasteiger partial charge in [0.05, 0.1) is 23.9 Å². The molecule has 3 aliphatic rings. The van der Waals surface area contributed by atoms with E-state index in [9.17, 15) is 14.7 Å². The standard InChI is InChI=1S/C22H25ClN8O4/c23-14-3-4-24-16(18(14)32)19(33)28-8-6-27(7-9-28)17-15-2-1-5-30(15)22-25-21(26-31(22)20(17)34)29-10-12-35-13-11-29/h3-4,32H,1-2,5-13H2. The maximum Gasteiger partial charge on any atom is 0.299 e. The Kier molecular flexibility index (Phi) is 5.49. The van der Waals surface area contributed by atoms with Gasteiger partial charge in [-0.1, -0.05) is 11.6 Å². The minimum absolute atomic E-state index is 0.0633. The summed E-state index contributed by atoms with van der Waals surface area (Å²) in [7, 11) is 0. The van der Waals surface area contributed by atoms with Gasteiger partial charge in [-0.25, -0.2) is 4.98 Å². The Labute approximate surface area is 205 Å². The van der Waals surface area contributed by atoms with Crippen molar-refractivity contribution in [1.82, 2.24) is 29.0 Å². The molecule has 0 aliphatic carbocycles. The zero-order valence-electron chi connectivity index (χ0n) is 19.1. The predicted octanol–water partition coefficient (Wildman–Crippen LogP) is 0.390. The molecule has 0 bridgehead atoms. The zero-order valence-corrected chi connectivity index (χ0v) is 19.8. The lowest BCUT2D eigenvalue weighted by molar-refractivity contribution is 0.0737. The Balaban J connectivity index is 1.29. The summed E-state index contributed by atoms with van der Waals surface area (Å²) in [6, 6.07) is 1.43. The molecule has 3 aliphatic heterocycles. The van der Waals surface area contributed by atoms with E-state index in [-0.39, 0.29) is 27.9 Å². The van der Waals surface area contributed by atoms with Crippen molar-refractivity contribution in [2.24, 2.45) is 0 Å². The average molecular weight is 501 g/mol. The van der Waals surface area contributed by atoms with E-state index in [4.69, 9.17) is 21.3 Å². The van der Waals surface area contributed by atoms with Crippen LogP contribution in [-0.4, -0.2) is 92.5 Å². The van der Waals surface area contributed by atoms with Gasteiger partial charge >= 0.3 is 0 Å². The van der Waals surface area contributed by atoms with Crippen LogP contribution in [0.2, 0.25) is 5.02 Å². The molecule has 1 N–H and O–H groups in total. The lowest BCUT2D eigenvalue weighted by Crippen LogP contribution is -2.50. The summed E-state index contributed by atoms with van der Waals surface area (Å²) >= 11 is 5.94. The van der Waals surface area contributed by atoms with Gasteiger partial charge in [-0.15, -0.1) is 5.10 Å². The lowest BCUT2D eigenvalue weighted by atomic mass is 10.2. The van der Waals surface area contributed by atoms with Crippen molar-refractivity contribution in [2.75, 3.05) is 62.3 Å². The number of ether oxygens (including phenoxy) is 1. The molecule has 0 aromatic carbocycles. The number of aromatic hydroxyl groups is 1. The van der Waals surface area contributed by atoms with Crippen LogP contribution in [-0.2, 0) is 17.7 Å². The lowest BCUT2D eigenvalue weighted by Gasteiger charge is -2.36. The molecule has 0 radical (unpaired) electrons. The highest BCUT2D eigenvalue weighted by Gasteiger charge is 2.31. The fraction of sp³-hybridized carbons (Fsp3) is 0.500. The van der Waals surface area contributed by atoms with Gasteiger partial charge < -0.3 is 29.1 Å². The Morgan fingerprint density at radius 3 is 2.60 bits per heavy atom. The Morgan fingerprint density at radius 2 is 1.83 bits per heavy atom. The number of nitrogens with zero attached hydrogens (tertiary/aromatic N) is 8. The van der Waals surface area contributed by atoms with Crippen LogP contribution in [0.3, 0.4) is 0 Å². The first-order valence-corrected chi connectivity index (χ1v) is 12.1. The molecule has 35 heavy (non-hydrogen) atoms. The number of fused-ring (bicyclic) bond motifs is 3. The molecule has 6 rings (SSSR count). The van der Waals surface area contributed by atoms with Crippen LogP contribution < -0.4 is 15.4 Å². The van der Waals surface area contributed by atoms with Crippen LogP contribution in [0.1, 0.15) is 22.6 Å². The first kappa shape index (κ1) is 22.1. The van der Waals surface area contributed by atoms with E-state index in [1.165, 1.54) is 16.8 Å². The fourth-order valence-electron chi connectivity index (χ4n) is 5.05. The fourth-order valence-corrected chi connectivity index (χ4v) is 5.20. The van der Waals surface area contributed by atoms with Gasteiger partial charge in [-0.2, -0.15) is 9.50 Å². The maximum atomic E-state index is 13.6. The molecule has 6 heterocycles. The normalized spacial score (nSPS) is 18.4. The van der Waals surface area contributed by atoms with Crippen LogP contribution in [0.5, 0.6) is 5.75 Å². The highest BCUT2D eigenvalue weighted by molar-refractivity contribution is 6.32. The van der Waals surface area contributed by atoms with Gasteiger partial charge in [0, 0.05) is 52.0 Å². The van der Waals surface area contributed by atoms with Crippen LogP contribution in [0.25, 0.3) is 5.78 Å². The van der Waals surface area contributed by atoms with E-state index in [1.54, 1.807) is 4.90 Å². The molecule has 0 saturated carbocycles. The highest BCUT2D eigenvalue weighted by Crippen LogP contribution is 2.29. The molecule has 0 atom stereocenters. The number of aryl methyl sites for hydroxylation is 1. The molecule has 13 heteroatoms. The first-order chi connectivity index (χ1) is 17.0. The quantitative estimate of drug-likeness (QED) is 0.544. The Bertz CT molecular complexity index is 1360. The number of hydrogen-bond donors (Lipinski definition) is 1. The number of hydrogen-bond acceptors (Lipinski definition) is 9. The number of carbonyl (C=O) groups excluding carboxylic acids is 1. The van der Waals surface area contributed by atoms with Gasteiger partial charge in [0.2, 0.25) is 11.7 Å². The molecule has 3 aromatic rings. The Hall–Kier alpha value is -3.38. The molecule has 184 valence electrons. The van der Waals surface area contributed by atoms with Crippen LogP contribution in [0, 0.1) is 0 Å². The van der Waals surface area contributed by atoms with Crippen molar-refractivity contribution >= 4 is 34.9 Å². The third-order valence-electron chi connectivity index (χ3n) is 6.86. The smallest absolute Gasteiger partial charge is 0.299 e. The van der Waals surface area contributed by atoms with Crippen molar-refractivity contribution in [3.63, 3.8) is 0 Å². The minimum atomic E-state index is -0.381. The topological polar surface area (TPSA) is 121 Å². The van der Waals surface area contributed by atoms with Crippen molar-refractivity contribution in [1.29, 1.82) is 0 Å². The van der Waals surface area contributed by atoms with Crippen molar-refractivity contribution in [3.05, 3.63) is 39.0 Å². The van der Waals surface area contributed by atoms with Gasteiger partial charge in [-0.3, -0.25) is 9.59 Å². The van der Waals surface area contributed by atoms with Gasteiger partial charge in [0.15, 0.2) is 11.4 Å². The summed E-state index contributed by atoms with van der Waals surface area (Å²) in [5.41, 5.74) is 1.35. The van der Waals surface area contributed by atoms with E-state index < -0.39 is 0 Å². The molecule has 0 unspecified atom stereocenters. The number of anilines is 2. The molecular formula is C22H25ClN8O4. The second-order valence-electron chi connectivity index (χ2n) is 8.85. The average Bonchev–Trinajstić information content (AvgIpc) is 3.54. The van der Waals surface area contributed by atoms with Gasteiger partial charge in [0.1, 0.15) is 5.69 Å². The van der Waals surface area contributed by atoms with E-state index >= 15 is 0 Å². The molecule has 12 nitrogen and oxygen atoms in total. The summed E-state index contributed by atoms with van der Waals surface area (Å²) < 4.78 is 8.94. The van der Waals surface area contributed by atoms with Crippen molar-refractivity contribution in [3.8, 4) is 5.75 Å². The molecule has 0 spiro atoms. The van der Waals surface area contributed by atoms with E-state index in [0.717, 1.165) is 25.1 Å². The predicted molar refractivity (Wildman–Crippen MR) is 128 cm³/mol. The first-order valence-electron chi connectivity index (χ1n) is 11.8. The highest BCUT2D eigenvalue weighted by atomic mass is 35.5. The number of morpholine rings is 1. The van der Waals surface area contributed by atoms with E-state index in [2.05, 4.69) is 14.6 Å². The number of rotatable bonds is 3. The molecule has 2 saturated heterocycles. The summed E-state index contributed by atoms with van der Waals surface area (Å²) in [5, 5.41) is 14.8. The molecule has 3 aromatic heterocycles. The number of amides is 1. The minimum Gasteiger partial charge on any atom is -0.504 e. The number of halogens is 1. The summed E-state index contributed by atoms with van der Waals surface area (Å²) in [5.74, 6) is 0.427. The third kappa shape index (κ3) is 3.67. The van der Waals surface area contributed by atoms with Crippen molar-refractivity contribution in [2.45, 2.75) is 19.4 Å². The van der Waals surface area contributed by atoms with Crippen molar-refractivity contribution < 1.29 is 14.6 Å². The van der Waals surface area contributed by atoms with E-state index in [0.29, 0.717) is 69.9 Å². The van der Waals surface area contributed by atoms with Crippen LogP contribution in [0.15, 0.2) is 17.1 Å². The third-order valence-corrected chi connectivity index (χ3v) is 7.17. The maximum absolute atomic E-state index is 13.6. The molecule has 1 amide bonds. The number of carbonyl (C=O) groups is 1. The molecular weight excluding hydrogens is 476 g/mol. The number of pyridine rings is 1. The largest absolute Gasteiger partial charge is 0.504 e. The van der Waals surface area contributed by atoms with Gasteiger partial charge in [-0.05, 0) is 18.9 Å². The van der Waals surface area contributed by atoms with Crippen LogP contribution >= 0.6 is 11.6 Å². The Morgan fingerprint density at radius 1 is 1.06 bits per heavy atom. The number of aromatic nitrogens is 5. The molecule has 2 fully saturated rings. The van der Waals surface area contributed by atoms with E-state index in [1.807, 2.05) is 9.80 Å². The second-order valence-corrected chi connectivity index (χ2v) is 9.26. The monoisotopic (exact) mass is 500 g/mol. The summed E-state index contributed by atoms with van der Waals surface area (Å²) in [6.45, 7) is 5.13. The zero-order chi connectivity index (χ0) is 24.1. The summed E-state index contributed by atoms with van der Waals surface area (Å²) in [4.78, 5) is 41.0. The van der Waals surface area contributed by atoms with Gasteiger partial charge in [0.25, 0.3) is 11.5 Å². The van der Waals surface area contributed by atoms with Crippen LogP contribution in [0.4, 0.5) is 11.6 Å². The number of piperazine rings is 1. The summed E-state index contributed by atoms with van der Waals surface area (Å²) in [6.07, 6.45) is 3.12. The SMILES string of the molecule is O=C(c1nccc(Cl)c1O)N1CCN(c2c3n(c4nc(N5CCOCC5)nn4c2=O)CCC3)CC1. The second kappa shape index (κ2) is 8.68.